The van der Waals surface area contributed by atoms with E-state index in [1.807, 2.05) is 48.5 Å². The second-order valence-electron chi connectivity index (χ2n) is 8.77. The van der Waals surface area contributed by atoms with Crippen LogP contribution in [0.5, 0.6) is 5.75 Å². The molecule has 1 aliphatic heterocycles. The van der Waals surface area contributed by atoms with Crippen molar-refractivity contribution in [3.63, 3.8) is 0 Å². The van der Waals surface area contributed by atoms with Gasteiger partial charge in [0.15, 0.2) is 5.88 Å². The van der Waals surface area contributed by atoms with Gasteiger partial charge in [-0.15, -0.1) is 22.7 Å². The molecule has 2 aromatic heterocycles. The van der Waals surface area contributed by atoms with Crippen LogP contribution in [0.1, 0.15) is 50.6 Å². The number of aromatic nitrogens is 1. The lowest BCUT2D eigenvalue weighted by Crippen LogP contribution is -2.24. The molecule has 1 unspecified atom stereocenters. The summed E-state index contributed by atoms with van der Waals surface area (Å²) in [6, 6.07) is 15.9. The molecule has 6 rings (SSSR count). The lowest BCUT2D eigenvalue weighted by molar-refractivity contribution is 0.0527. The first-order chi connectivity index (χ1) is 18.0. The highest BCUT2D eigenvalue weighted by Crippen LogP contribution is 2.55. The number of nitrogen functional groups attached to an aromatic ring is 1. The number of carbonyl (C=O) groups excluding carboxylic acids is 1. The van der Waals surface area contributed by atoms with Gasteiger partial charge in [-0.05, 0) is 43.2 Å². The number of esters is 1. The van der Waals surface area contributed by atoms with Gasteiger partial charge in [0.25, 0.3) is 0 Å². The maximum Gasteiger partial charge on any atom is 0.341 e. The number of fused-ring (bicyclic) bond motifs is 3. The predicted octanol–water partition coefficient (Wildman–Crippen LogP) is 5.92. The summed E-state index contributed by atoms with van der Waals surface area (Å²) >= 11 is 3.01. The normalized spacial score (nSPS) is 16.9. The van der Waals surface area contributed by atoms with Crippen LogP contribution in [0.3, 0.4) is 0 Å². The lowest BCUT2D eigenvalue weighted by atomic mass is 9.76. The molecule has 0 saturated carbocycles. The summed E-state index contributed by atoms with van der Waals surface area (Å²) in [7, 11) is 1.64. The Labute approximate surface area is 222 Å². The zero-order valence-electron chi connectivity index (χ0n) is 20.4. The number of thiophene rings is 1. The smallest absolute Gasteiger partial charge is 0.341 e. The van der Waals surface area contributed by atoms with Crippen LogP contribution in [0.15, 0.2) is 60.2 Å². The Balaban J connectivity index is 1.60. The average molecular weight is 532 g/mol. The second-order valence-corrected chi connectivity index (χ2v) is 10.9. The first-order valence-corrected chi connectivity index (χ1v) is 13.6. The van der Waals surface area contributed by atoms with Crippen LogP contribution >= 0.6 is 22.7 Å². The fraction of sp³-hybridized carbons (Fsp3) is 0.214. The molecule has 1 atom stereocenters. The number of carbonyl (C=O) groups is 1. The minimum atomic E-state index is -0.427. The fourth-order valence-corrected chi connectivity index (χ4v) is 7.21. The molecule has 0 fully saturated rings. The third-order valence-electron chi connectivity index (χ3n) is 6.69. The molecule has 0 radical (unpaired) electrons. The van der Waals surface area contributed by atoms with Crippen molar-refractivity contribution in [3.05, 3.63) is 86.7 Å². The monoisotopic (exact) mass is 531 g/mol. The predicted molar refractivity (Wildman–Crippen MR) is 147 cm³/mol. The van der Waals surface area contributed by atoms with Crippen LogP contribution in [0.4, 0.5) is 5.00 Å². The molecule has 9 heteroatoms. The van der Waals surface area contributed by atoms with E-state index in [0.29, 0.717) is 29.3 Å². The Morgan fingerprint density at radius 3 is 2.59 bits per heavy atom. The van der Waals surface area contributed by atoms with E-state index in [2.05, 4.69) is 0 Å². The van der Waals surface area contributed by atoms with Gasteiger partial charge in [0.1, 0.15) is 27.1 Å². The molecule has 37 heavy (non-hydrogen) atoms. The first kappa shape index (κ1) is 23.6. The molecule has 0 amide bonds. The maximum atomic E-state index is 13.1. The largest absolute Gasteiger partial charge is 0.497 e. The fourth-order valence-electron chi connectivity index (χ4n) is 5.10. The van der Waals surface area contributed by atoms with Gasteiger partial charge in [0.05, 0.1) is 29.5 Å². The quantitative estimate of drug-likeness (QED) is 0.307. The molecule has 4 aromatic rings. The van der Waals surface area contributed by atoms with E-state index in [0.717, 1.165) is 53.9 Å². The van der Waals surface area contributed by atoms with Gasteiger partial charge in [-0.1, -0.05) is 24.3 Å². The van der Waals surface area contributed by atoms with Crippen LogP contribution in [0.2, 0.25) is 0 Å². The van der Waals surface area contributed by atoms with Gasteiger partial charge in [0.2, 0.25) is 0 Å². The molecule has 0 bridgehead atoms. The van der Waals surface area contributed by atoms with Crippen LogP contribution < -0.4 is 16.2 Å². The van der Waals surface area contributed by atoms with Crippen molar-refractivity contribution in [3.8, 4) is 5.75 Å². The number of hydrogen-bond donors (Lipinski definition) is 2. The summed E-state index contributed by atoms with van der Waals surface area (Å²) in [5.41, 5.74) is 17.8. The minimum Gasteiger partial charge on any atom is -0.497 e. The third-order valence-corrected chi connectivity index (χ3v) is 8.83. The number of methoxy groups -OCH3 is 1. The van der Waals surface area contributed by atoms with Gasteiger partial charge >= 0.3 is 5.97 Å². The topological polar surface area (TPSA) is 110 Å². The van der Waals surface area contributed by atoms with Crippen LogP contribution in [-0.2, 0) is 15.9 Å². The van der Waals surface area contributed by atoms with Crippen LogP contribution in [-0.4, -0.2) is 24.7 Å². The molecule has 7 nitrogen and oxygen atoms in total. The van der Waals surface area contributed by atoms with Crippen LogP contribution in [0.25, 0.3) is 21.4 Å². The highest BCUT2D eigenvalue weighted by atomic mass is 32.1. The van der Waals surface area contributed by atoms with Crippen molar-refractivity contribution < 1.29 is 19.0 Å². The van der Waals surface area contributed by atoms with Crippen LogP contribution in [0, 0.1) is 0 Å². The van der Waals surface area contributed by atoms with Crippen molar-refractivity contribution in [2.24, 2.45) is 5.73 Å². The Kier molecular flexibility index (Phi) is 5.89. The van der Waals surface area contributed by atoms with Crippen molar-refractivity contribution in [2.45, 2.75) is 25.7 Å². The van der Waals surface area contributed by atoms with E-state index in [-0.39, 0.29) is 12.5 Å². The van der Waals surface area contributed by atoms with Crippen molar-refractivity contribution >= 4 is 55.0 Å². The van der Waals surface area contributed by atoms with Gasteiger partial charge < -0.3 is 25.7 Å². The highest BCUT2D eigenvalue weighted by molar-refractivity contribution is 7.19. The first-order valence-electron chi connectivity index (χ1n) is 12.0. The molecule has 0 saturated heterocycles. The van der Waals surface area contributed by atoms with Crippen molar-refractivity contribution in [1.29, 1.82) is 0 Å². The number of thiazole rings is 1. The molecule has 4 N–H and O–H groups in total. The summed E-state index contributed by atoms with van der Waals surface area (Å²) in [5, 5.41) is 1.23. The number of allylic oxidation sites excluding steroid dienone is 3. The average Bonchev–Trinajstić information content (AvgIpc) is 3.48. The van der Waals surface area contributed by atoms with E-state index in [4.69, 9.17) is 30.7 Å². The lowest BCUT2D eigenvalue weighted by Gasteiger charge is -2.34. The Morgan fingerprint density at radius 2 is 1.86 bits per heavy atom. The second kappa shape index (κ2) is 9.24. The number of anilines is 1. The van der Waals surface area contributed by atoms with Crippen molar-refractivity contribution in [2.75, 3.05) is 19.5 Å². The molecular formula is C28H25N3O4S2. The Hall–Kier alpha value is -3.82. The molecule has 2 aliphatic rings. The highest BCUT2D eigenvalue weighted by Gasteiger charge is 2.41. The standard InChI is InChI=1S/C28H25N3O4S2/c1-3-34-28(32)24-22-19(36-26(24)30)13-12-17-21(22)20(14-8-10-15(33-2)11-9-14)23(25(29)35-17)27-31-16-6-4-5-7-18(16)37-27/h4-11,20H,3,12-13,29-30H2,1-2H3. The molecule has 2 aromatic carbocycles. The molecule has 0 spiro atoms. The molecule has 1 aliphatic carbocycles. The Morgan fingerprint density at radius 1 is 1.08 bits per heavy atom. The summed E-state index contributed by atoms with van der Waals surface area (Å²) in [6.45, 7) is 2.05. The summed E-state index contributed by atoms with van der Waals surface area (Å²) in [4.78, 5) is 19.1. The van der Waals surface area contributed by atoms with E-state index < -0.39 is 5.97 Å². The van der Waals surface area contributed by atoms with Gasteiger partial charge in [-0.2, -0.15) is 0 Å². The zero-order valence-corrected chi connectivity index (χ0v) is 22.0. The van der Waals surface area contributed by atoms with E-state index in [1.165, 1.54) is 11.3 Å². The van der Waals surface area contributed by atoms with E-state index in [9.17, 15) is 4.79 Å². The van der Waals surface area contributed by atoms with Gasteiger partial charge in [0, 0.05) is 28.4 Å². The van der Waals surface area contributed by atoms with Crippen molar-refractivity contribution in [1.82, 2.24) is 4.98 Å². The third kappa shape index (κ3) is 3.86. The number of aryl methyl sites for hydroxylation is 1. The molecule has 188 valence electrons. The number of benzene rings is 2. The number of para-hydroxylation sites is 1. The summed E-state index contributed by atoms with van der Waals surface area (Å²) in [6.07, 6.45) is 1.37. The maximum absolute atomic E-state index is 13.1. The zero-order chi connectivity index (χ0) is 25.7. The molecular weight excluding hydrogens is 506 g/mol. The van der Waals surface area contributed by atoms with Gasteiger partial charge in [-0.25, -0.2) is 9.78 Å². The SMILES string of the molecule is CCOC(=O)c1c(N)sc2c1C1=C(CC2)OC(N)=C(c2nc3ccccc3s2)C1c1ccc(OC)cc1. The number of ether oxygens (including phenoxy) is 3. The number of hydrogen-bond acceptors (Lipinski definition) is 9. The van der Waals surface area contributed by atoms with Gasteiger partial charge in [-0.3, -0.25) is 0 Å². The Bertz CT molecular complexity index is 1560. The molecule has 3 heterocycles. The summed E-state index contributed by atoms with van der Waals surface area (Å²) in [5.74, 6) is 1.07. The van der Waals surface area contributed by atoms with E-state index in [1.54, 1.807) is 25.4 Å². The number of rotatable bonds is 5. The minimum absolute atomic E-state index is 0.261. The number of nitrogens with two attached hydrogens (primary N) is 2. The summed E-state index contributed by atoms with van der Waals surface area (Å²) < 4.78 is 18.2. The van der Waals surface area contributed by atoms with E-state index >= 15 is 0 Å². The number of nitrogens with zero attached hydrogens (tertiary/aromatic N) is 1.